The Balaban J connectivity index is 2.31. The van der Waals surface area contributed by atoms with Crippen LogP contribution in [0.1, 0.15) is 52.4 Å². The van der Waals surface area contributed by atoms with Gasteiger partial charge in [-0.05, 0) is 51.4 Å². The van der Waals surface area contributed by atoms with Gasteiger partial charge in [-0.1, -0.05) is 6.92 Å². The van der Waals surface area contributed by atoms with Gasteiger partial charge in [0.05, 0.1) is 11.5 Å². The van der Waals surface area contributed by atoms with Gasteiger partial charge in [-0.25, -0.2) is 0 Å². The average Bonchev–Trinajstić information content (AvgIpc) is 2.28. The molecule has 2 nitrogen and oxygen atoms in total. The molecule has 0 radical (unpaired) electrons. The van der Waals surface area contributed by atoms with Crippen molar-refractivity contribution >= 4 is 0 Å². The number of hydrogen-bond acceptors (Lipinski definition) is 2. The smallest absolute Gasteiger partial charge is 0.0689 e. The maximum absolute atomic E-state index is 9.29. The molecule has 0 amide bonds. The Labute approximate surface area is 93.6 Å². The molecular formula is C13H23NO. The standard InChI is InChI=1S/C13H23NO/c1-3-15-10-4-7-13(11-14)8-5-12(2)6-9-13/h12H,3-10H2,1-2H3. The molecule has 15 heavy (non-hydrogen) atoms. The number of hydrogen-bond donors (Lipinski definition) is 0. The van der Waals surface area contributed by atoms with Crippen LogP contribution >= 0.6 is 0 Å². The predicted molar refractivity (Wildman–Crippen MR) is 61.4 cm³/mol. The van der Waals surface area contributed by atoms with E-state index < -0.39 is 0 Å². The summed E-state index contributed by atoms with van der Waals surface area (Å²) in [5.74, 6) is 0.818. The van der Waals surface area contributed by atoms with E-state index in [1.165, 1.54) is 12.8 Å². The van der Waals surface area contributed by atoms with Crippen LogP contribution in [0.25, 0.3) is 0 Å². The highest BCUT2D eigenvalue weighted by Crippen LogP contribution is 2.41. The number of nitrogens with zero attached hydrogens (tertiary/aromatic N) is 1. The second-order valence-corrected chi connectivity index (χ2v) is 4.88. The normalized spacial score (nSPS) is 31.1. The molecule has 0 aromatic rings. The maximum Gasteiger partial charge on any atom is 0.0689 e. The van der Waals surface area contributed by atoms with Crippen molar-refractivity contribution in [1.82, 2.24) is 0 Å². The predicted octanol–water partition coefficient (Wildman–Crippen LogP) is 3.52. The zero-order chi connectivity index (χ0) is 11.1. The molecule has 0 aromatic heterocycles. The molecule has 0 spiro atoms. The summed E-state index contributed by atoms with van der Waals surface area (Å²) in [6.45, 7) is 5.91. The molecule has 0 heterocycles. The van der Waals surface area contributed by atoms with Crippen molar-refractivity contribution in [2.75, 3.05) is 13.2 Å². The summed E-state index contributed by atoms with van der Waals surface area (Å²) in [4.78, 5) is 0. The highest BCUT2D eigenvalue weighted by atomic mass is 16.5. The summed E-state index contributed by atoms with van der Waals surface area (Å²) in [5, 5.41) is 9.29. The molecule has 0 aromatic carbocycles. The van der Waals surface area contributed by atoms with Crippen molar-refractivity contribution in [2.24, 2.45) is 11.3 Å². The molecule has 1 saturated carbocycles. The first kappa shape index (κ1) is 12.5. The van der Waals surface area contributed by atoms with Gasteiger partial charge >= 0.3 is 0 Å². The Bertz CT molecular complexity index is 211. The van der Waals surface area contributed by atoms with Gasteiger partial charge in [0.25, 0.3) is 0 Å². The minimum atomic E-state index is -0.0242. The first-order valence-electron chi connectivity index (χ1n) is 6.21. The van der Waals surface area contributed by atoms with Crippen molar-refractivity contribution < 1.29 is 4.74 Å². The maximum atomic E-state index is 9.29. The van der Waals surface area contributed by atoms with E-state index in [1.807, 2.05) is 6.92 Å². The Kier molecular flexibility index (Phi) is 5.11. The largest absolute Gasteiger partial charge is 0.382 e. The van der Waals surface area contributed by atoms with E-state index in [0.29, 0.717) is 0 Å². The monoisotopic (exact) mass is 209 g/mol. The number of nitriles is 1. The first-order chi connectivity index (χ1) is 7.22. The molecule has 0 unspecified atom stereocenters. The van der Waals surface area contributed by atoms with Crippen LogP contribution in [0.3, 0.4) is 0 Å². The summed E-state index contributed by atoms with van der Waals surface area (Å²) in [6, 6.07) is 2.56. The van der Waals surface area contributed by atoms with Crippen molar-refractivity contribution in [1.29, 1.82) is 5.26 Å². The molecule has 86 valence electrons. The summed E-state index contributed by atoms with van der Waals surface area (Å²) >= 11 is 0. The van der Waals surface area contributed by atoms with E-state index in [1.54, 1.807) is 0 Å². The van der Waals surface area contributed by atoms with E-state index in [9.17, 15) is 5.26 Å². The number of rotatable bonds is 5. The van der Waals surface area contributed by atoms with E-state index in [0.717, 1.165) is 44.8 Å². The molecule has 1 aliphatic carbocycles. The fourth-order valence-corrected chi connectivity index (χ4v) is 2.39. The third-order valence-corrected chi connectivity index (χ3v) is 3.62. The first-order valence-corrected chi connectivity index (χ1v) is 6.21. The summed E-state index contributed by atoms with van der Waals surface area (Å²) in [7, 11) is 0. The highest BCUT2D eigenvalue weighted by Gasteiger charge is 2.33. The minimum Gasteiger partial charge on any atom is -0.382 e. The van der Waals surface area contributed by atoms with E-state index >= 15 is 0 Å². The van der Waals surface area contributed by atoms with Gasteiger partial charge in [-0.15, -0.1) is 0 Å². The molecule has 1 rings (SSSR count). The van der Waals surface area contributed by atoms with Gasteiger partial charge in [-0.2, -0.15) is 5.26 Å². The fourth-order valence-electron chi connectivity index (χ4n) is 2.39. The summed E-state index contributed by atoms with van der Waals surface area (Å²) < 4.78 is 5.33. The second kappa shape index (κ2) is 6.12. The molecule has 0 N–H and O–H groups in total. The van der Waals surface area contributed by atoms with Crippen LogP contribution in [0.2, 0.25) is 0 Å². The zero-order valence-electron chi connectivity index (χ0n) is 10.1. The summed E-state index contributed by atoms with van der Waals surface area (Å²) in [6.07, 6.45) is 6.70. The second-order valence-electron chi connectivity index (χ2n) is 4.88. The topological polar surface area (TPSA) is 33.0 Å². The van der Waals surface area contributed by atoms with Crippen molar-refractivity contribution in [3.8, 4) is 6.07 Å². The third-order valence-electron chi connectivity index (χ3n) is 3.62. The Morgan fingerprint density at radius 3 is 2.60 bits per heavy atom. The van der Waals surface area contributed by atoms with Gasteiger partial charge < -0.3 is 4.74 Å². The van der Waals surface area contributed by atoms with Gasteiger partial charge in [0.15, 0.2) is 0 Å². The van der Waals surface area contributed by atoms with Crippen molar-refractivity contribution in [2.45, 2.75) is 52.4 Å². The van der Waals surface area contributed by atoms with Gasteiger partial charge in [0.1, 0.15) is 0 Å². The average molecular weight is 209 g/mol. The van der Waals surface area contributed by atoms with Gasteiger partial charge in [-0.3, -0.25) is 0 Å². The zero-order valence-corrected chi connectivity index (χ0v) is 10.1. The molecule has 0 atom stereocenters. The van der Waals surface area contributed by atoms with Crippen LogP contribution in [-0.2, 0) is 4.74 Å². The van der Waals surface area contributed by atoms with E-state index in [-0.39, 0.29) is 5.41 Å². The SMILES string of the molecule is CCOCCCC1(C#N)CCC(C)CC1. The lowest BCUT2D eigenvalue weighted by molar-refractivity contribution is 0.123. The molecule has 1 fully saturated rings. The van der Waals surface area contributed by atoms with Crippen molar-refractivity contribution in [3.63, 3.8) is 0 Å². The molecule has 2 heteroatoms. The van der Waals surface area contributed by atoms with Crippen LogP contribution in [0.15, 0.2) is 0 Å². The lowest BCUT2D eigenvalue weighted by Crippen LogP contribution is -2.25. The highest BCUT2D eigenvalue weighted by molar-refractivity contribution is 5.01. The molecular weight excluding hydrogens is 186 g/mol. The Morgan fingerprint density at radius 2 is 2.07 bits per heavy atom. The minimum absolute atomic E-state index is 0.0242. The van der Waals surface area contributed by atoms with Crippen LogP contribution < -0.4 is 0 Å². The lowest BCUT2D eigenvalue weighted by Gasteiger charge is -2.33. The van der Waals surface area contributed by atoms with Crippen molar-refractivity contribution in [3.05, 3.63) is 0 Å². The molecule has 0 saturated heterocycles. The van der Waals surface area contributed by atoms with Crippen LogP contribution in [0.4, 0.5) is 0 Å². The van der Waals surface area contributed by atoms with E-state index in [4.69, 9.17) is 4.74 Å². The van der Waals surface area contributed by atoms with Crippen LogP contribution in [0, 0.1) is 22.7 Å². The molecule has 0 bridgehead atoms. The van der Waals surface area contributed by atoms with Crippen LogP contribution in [-0.4, -0.2) is 13.2 Å². The molecule has 0 aliphatic heterocycles. The summed E-state index contributed by atoms with van der Waals surface area (Å²) in [5.41, 5.74) is -0.0242. The number of ether oxygens (including phenoxy) is 1. The Morgan fingerprint density at radius 1 is 1.40 bits per heavy atom. The van der Waals surface area contributed by atoms with Gasteiger partial charge in [0, 0.05) is 13.2 Å². The molecule has 1 aliphatic rings. The van der Waals surface area contributed by atoms with E-state index in [2.05, 4.69) is 13.0 Å². The third kappa shape index (κ3) is 3.83. The Hall–Kier alpha value is -0.550. The quantitative estimate of drug-likeness (QED) is 0.649. The fraction of sp³-hybridized carbons (Fsp3) is 0.923. The van der Waals surface area contributed by atoms with Crippen LogP contribution in [0.5, 0.6) is 0 Å². The lowest BCUT2D eigenvalue weighted by atomic mass is 9.69. The van der Waals surface area contributed by atoms with Gasteiger partial charge in [0.2, 0.25) is 0 Å².